The zero-order valence-corrected chi connectivity index (χ0v) is 10.1. The van der Waals surface area contributed by atoms with Crippen LogP contribution in [0.15, 0.2) is 24.7 Å². The summed E-state index contributed by atoms with van der Waals surface area (Å²) < 4.78 is 1.50. The summed E-state index contributed by atoms with van der Waals surface area (Å²) >= 11 is 0. The molecule has 0 bridgehead atoms. The fourth-order valence-corrected chi connectivity index (χ4v) is 1.68. The van der Waals surface area contributed by atoms with E-state index in [0.717, 1.165) is 12.2 Å². The number of anilines is 1. The zero-order valence-electron chi connectivity index (χ0n) is 10.1. The van der Waals surface area contributed by atoms with Crippen molar-refractivity contribution in [1.82, 2.24) is 25.1 Å². The second-order valence-electron chi connectivity index (χ2n) is 3.94. The summed E-state index contributed by atoms with van der Waals surface area (Å²) in [7, 11) is 0. The number of rotatable bonds is 5. The summed E-state index contributed by atoms with van der Waals surface area (Å²) in [5, 5.41) is 6.85. The van der Waals surface area contributed by atoms with Crippen LogP contribution in [0.25, 0.3) is 0 Å². The lowest BCUT2D eigenvalue weighted by Crippen LogP contribution is -2.32. The number of hydrogen-bond donors (Lipinski definition) is 3. The molecule has 0 aliphatic heterocycles. The summed E-state index contributed by atoms with van der Waals surface area (Å²) in [4.78, 5) is 19.0. The monoisotopic (exact) mass is 248 g/mol. The average Bonchev–Trinajstić information content (AvgIpc) is 2.98. The first-order valence-corrected chi connectivity index (χ1v) is 5.76. The summed E-state index contributed by atoms with van der Waals surface area (Å²) in [6.07, 6.45) is 5.83. The largest absolute Gasteiger partial charge is 0.382 e. The van der Waals surface area contributed by atoms with Gasteiger partial charge < -0.3 is 16.0 Å². The predicted octanol–water partition coefficient (Wildman–Crippen LogP) is 0.456. The molecule has 0 spiro atoms. The zero-order chi connectivity index (χ0) is 13.0. The summed E-state index contributed by atoms with van der Waals surface area (Å²) in [5.41, 5.74) is 5.48. The maximum Gasteiger partial charge on any atom is 0.242 e. The van der Waals surface area contributed by atoms with E-state index in [1.165, 1.54) is 4.68 Å². The Balaban J connectivity index is 1.94. The van der Waals surface area contributed by atoms with Crippen LogP contribution < -0.4 is 11.1 Å². The average molecular weight is 248 g/mol. The third kappa shape index (κ3) is 2.88. The third-order valence-electron chi connectivity index (χ3n) is 2.56. The van der Waals surface area contributed by atoms with E-state index in [4.69, 9.17) is 5.73 Å². The first-order chi connectivity index (χ1) is 8.69. The van der Waals surface area contributed by atoms with E-state index in [1.54, 1.807) is 24.7 Å². The number of nitrogen functional groups attached to an aromatic ring is 1. The number of carbonyl (C=O) groups is 1. The lowest BCUT2D eigenvalue weighted by atomic mass is 10.2. The molecule has 1 atom stereocenters. The van der Waals surface area contributed by atoms with E-state index in [0.29, 0.717) is 5.82 Å². The minimum absolute atomic E-state index is 0.111. The van der Waals surface area contributed by atoms with Crippen molar-refractivity contribution in [3.05, 3.63) is 30.5 Å². The Morgan fingerprint density at radius 3 is 3.06 bits per heavy atom. The molecule has 0 radical (unpaired) electrons. The number of imidazole rings is 1. The van der Waals surface area contributed by atoms with Gasteiger partial charge in [-0.15, -0.1) is 0 Å². The predicted molar refractivity (Wildman–Crippen MR) is 66.4 cm³/mol. The molecule has 2 heterocycles. The first-order valence-electron chi connectivity index (χ1n) is 5.76. The fourth-order valence-electron chi connectivity index (χ4n) is 1.68. The van der Waals surface area contributed by atoms with Gasteiger partial charge in [-0.1, -0.05) is 6.92 Å². The van der Waals surface area contributed by atoms with E-state index in [9.17, 15) is 4.79 Å². The highest BCUT2D eigenvalue weighted by Crippen LogP contribution is 2.11. The highest BCUT2D eigenvalue weighted by molar-refractivity contribution is 5.76. The van der Waals surface area contributed by atoms with Gasteiger partial charge in [-0.25, -0.2) is 4.98 Å². The second kappa shape index (κ2) is 5.35. The van der Waals surface area contributed by atoms with Gasteiger partial charge in [0, 0.05) is 18.6 Å². The van der Waals surface area contributed by atoms with E-state index in [-0.39, 0.29) is 18.5 Å². The number of H-pyrrole nitrogens is 1. The molecule has 4 N–H and O–H groups in total. The molecule has 1 unspecified atom stereocenters. The SMILES string of the molecule is CCC(NC(=O)Cn1ccc(N)n1)c1ncc[nH]1. The van der Waals surface area contributed by atoms with Gasteiger partial charge in [0.1, 0.15) is 18.2 Å². The fraction of sp³-hybridized carbons (Fsp3) is 0.364. The van der Waals surface area contributed by atoms with Gasteiger partial charge in [0.15, 0.2) is 0 Å². The Kier molecular flexibility index (Phi) is 3.61. The molecule has 0 saturated heterocycles. The van der Waals surface area contributed by atoms with E-state index in [1.807, 2.05) is 6.92 Å². The highest BCUT2D eigenvalue weighted by Gasteiger charge is 2.14. The van der Waals surface area contributed by atoms with Crippen molar-refractivity contribution in [3.63, 3.8) is 0 Å². The summed E-state index contributed by atoms with van der Waals surface area (Å²) in [6, 6.07) is 1.54. The van der Waals surface area contributed by atoms with Crippen LogP contribution in [-0.2, 0) is 11.3 Å². The van der Waals surface area contributed by atoms with E-state index >= 15 is 0 Å². The number of nitrogens with two attached hydrogens (primary N) is 1. The molecule has 0 aromatic carbocycles. The molecule has 96 valence electrons. The first kappa shape index (κ1) is 12.2. The van der Waals surface area contributed by atoms with Gasteiger partial charge in [-0.05, 0) is 12.5 Å². The van der Waals surface area contributed by atoms with Crippen LogP contribution in [0.3, 0.4) is 0 Å². The van der Waals surface area contributed by atoms with Crippen LogP contribution in [0, 0.1) is 0 Å². The molecule has 18 heavy (non-hydrogen) atoms. The minimum Gasteiger partial charge on any atom is -0.382 e. The smallest absolute Gasteiger partial charge is 0.242 e. The molecule has 7 nitrogen and oxygen atoms in total. The van der Waals surface area contributed by atoms with Crippen LogP contribution >= 0.6 is 0 Å². The highest BCUT2D eigenvalue weighted by atomic mass is 16.2. The van der Waals surface area contributed by atoms with Crippen molar-refractivity contribution in [1.29, 1.82) is 0 Å². The molecule has 7 heteroatoms. The van der Waals surface area contributed by atoms with Crippen LogP contribution in [-0.4, -0.2) is 25.7 Å². The second-order valence-corrected chi connectivity index (χ2v) is 3.94. The summed E-state index contributed by atoms with van der Waals surface area (Å²) in [5.74, 6) is 1.04. The summed E-state index contributed by atoms with van der Waals surface area (Å²) in [6.45, 7) is 2.13. The number of nitrogens with zero attached hydrogens (tertiary/aromatic N) is 3. The third-order valence-corrected chi connectivity index (χ3v) is 2.56. The van der Waals surface area contributed by atoms with Gasteiger partial charge in [0.2, 0.25) is 5.91 Å². The lowest BCUT2D eigenvalue weighted by molar-refractivity contribution is -0.122. The minimum atomic E-state index is -0.124. The van der Waals surface area contributed by atoms with E-state index < -0.39 is 0 Å². The quantitative estimate of drug-likeness (QED) is 0.715. The normalized spacial score (nSPS) is 12.3. The molecular weight excluding hydrogens is 232 g/mol. The Hall–Kier alpha value is -2.31. The lowest BCUT2D eigenvalue weighted by Gasteiger charge is -2.14. The number of nitrogens with one attached hydrogen (secondary N) is 2. The molecule has 2 rings (SSSR count). The number of aromatic nitrogens is 4. The van der Waals surface area contributed by atoms with E-state index in [2.05, 4.69) is 20.4 Å². The van der Waals surface area contributed by atoms with Gasteiger partial charge in [0.05, 0.1) is 6.04 Å². The number of aromatic amines is 1. The van der Waals surface area contributed by atoms with Gasteiger partial charge in [0.25, 0.3) is 0 Å². The van der Waals surface area contributed by atoms with Crippen molar-refractivity contribution >= 4 is 11.7 Å². The van der Waals surface area contributed by atoms with Crippen LogP contribution in [0.1, 0.15) is 25.2 Å². The van der Waals surface area contributed by atoms with Crippen LogP contribution in [0.5, 0.6) is 0 Å². The number of hydrogen-bond acceptors (Lipinski definition) is 4. The van der Waals surface area contributed by atoms with Crippen LogP contribution in [0.2, 0.25) is 0 Å². The molecular formula is C11H16N6O. The maximum absolute atomic E-state index is 11.8. The molecule has 0 aliphatic carbocycles. The Bertz CT molecular complexity index is 503. The van der Waals surface area contributed by atoms with Crippen molar-refractivity contribution in [2.75, 3.05) is 5.73 Å². The Labute approximate surface area is 104 Å². The number of carbonyl (C=O) groups excluding carboxylic acids is 1. The molecule has 2 aromatic rings. The van der Waals surface area contributed by atoms with Gasteiger partial charge in [-0.3, -0.25) is 9.48 Å². The Morgan fingerprint density at radius 2 is 2.50 bits per heavy atom. The number of amides is 1. The van der Waals surface area contributed by atoms with Gasteiger partial charge >= 0.3 is 0 Å². The molecule has 0 aliphatic rings. The molecule has 0 fully saturated rings. The van der Waals surface area contributed by atoms with Gasteiger partial charge in [-0.2, -0.15) is 5.10 Å². The molecule has 2 aromatic heterocycles. The van der Waals surface area contributed by atoms with Crippen molar-refractivity contribution in [2.45, 2.75) is 25.9 Å². The van der Waals surface area contributed by atoms with Crippen molar-refractivity contribution < 1.29 is 4.79 Å². The van der Waals surface area contributed by atoms with Crippen molar-refractivity contribution in [2.24, 2.45) is 0 Å². The molecule has 0 saturated carbocycles. The maximum atomic E-state index is 11.8. The Morgan fingerprint density at radius 1 is 1.67 bits per heavy atom. The molecule has 1 amide bonds. The topological polar surface area (TPSA) is 102 Å². The standard InChI is InChI=1S/C11H16N6O/c1-2-8(11-13-4-5-14-11)15-10(18)7-17-6-3-9(12)16-17/h3-6,8H,2,7H2,1H3,(H2,12,16)(H,13,14)(H,15,18). The van der Waals surface area contributed by atoms with Crippen LogP contribution in [0.4, 0.5) is 5.82 Å². The van der Waals surface area contributed by atoms with Crippen molar-refractivity contribution in [3.8, 4) is 0 Å².